The predicted octanol–water partition coefficient (Wildman–Crippen LogP) is 5.38. The van der Waals surface area contributed by atoms with Crippen LogP contribution in [0.1, 0.15) is 67.2 Å². The van der Waals surface area contributed by atoms with Gasteiger partial charge in [-0.2, -0.15) is 0 Å². The van der Waals surface area contributed by atoms with Gasteiger partial charge in [-0.15, -0.1) is 0 Å². The van der Waals surface area contributed by atoms with Gasteiger partial charge in [0.25, 0.3) is 0 Å². The van der Waals surface area contributed by atoms with Crippen molar-refractivity contribution in [3.05, 3.63) is 0 Å². The lowest BCUT2D eigenvalue weighted by Crippen LogP contribution is -2.21. The van der Waals surface area contributed by atoms with Crippen LogP contribution in [0.25, 0.3) is 0 Å². The fourth-order valence-corrected chi connectivity index (χ4v) is 4.05. The van der Waals surface area contributed by atoms with Crippen LogP contribution in [-0.2, 0) is 0 Å². The zero-order valence-electron chi connectivity index (χ0n) is 12.3. The quantitative estimate of drug-likeness (QED) is 0.545. The molecule has 0 aliphatic heterocycles. The van der Waals surface area contributed by atoms with E-state index in [-0.39, 0.29) is 0 Å². The Balaban J connectivity index is 2.61. The summed E-state index contributed by atoms with van der Waals surface area (Å²) in [6.07, 6.45) is 5.56. The van der Waals surface area contributed by atoms with E-state index in [0.29, 0.717) is 0 Å². The second-order valence-electron chi connectivity index (χ2n) is 6.04. The van der Waals surface area contributed by atoms with Crippen LogP contribution in [0, 0.1) is 35.5 Å². The van der Waals surface area contributed by atoms with Crippen LogP contribution < -0.4 is 0 Å². The normalized spacial score (nSPS) is 34.5. The minimum Gasteiger partial charge on any atom is -0.0651 e. The SMILES string of the molecule is CCC(C)C(C)C(CC)C1C(CC)C1CC. The van der Waals surface area contributed by atoms with Crippen molar-refractivity contribution >= 4 is 0 Å². The molecule has 1 aliphatic rings. The van der Waals surface area contributed by atoms with Gasteiger partial charge in [-0.1, -0.05) is 67.2 Å². The Labute approximate surface area is 103 Å². The molecule has 0 N–H and O–H groups in total. The van der Waals surface area contributed by atoms with Gasteiger partial charge in [-0.3, -0.25) is 0 Å². The molecule has 0 aromatic rings. The van der Waals surface area contributed by atoms with Crippen LogP contribution in [-0.4, -0.2) is 0 Å². The molecule has 96 valence electrons. The Bertz CT molecular complexity index is 186. The van der Waals surface area contributed by atoms with Gasteiger partial charge < -0.3 is 0 Å². The van der Waals surface area contributed by atoms with Crippen molar-refractivity contribution in [3.63, 3.8) is 0 Å². The third-order valence-corrected chi connectivity index (χ3v) is 5.52. The van der Waals surface area contributed by atoms with Crippen molar-refractivity contribution < 1.29 is 0 Å². The van der Waals surface area contributed by atoms with Crippen molar-refractivity contribution in [3.8, 4) is 0 Å². The summed E-state index contributed by atoms with van der Waals surface area (Å²) in [6, 6.07) is 0. The zero-order valence-corrected chi connectivity index (χ0v) is 12.3. The molecule has 0 amide bonds. The van der Waals surface area contributed by atoms with Crippen LogP contribution in [0.2, 0.25) is 0 Å². The molecular weight excluding hydrogens is 192 g/mol. The van der Waals surface area contributed by atoms with Crippen molar-refractivity contribution in [1.29, 1.82) is 0 Å². The van der Waals surface area contributed by atoms with Gasteiger partial charge in [0, 0.05) is 0 Å². The van der Waals surface area contributed by atoms with Crippen molar-refractivity contribution in [2.75, 3.05) is 0 Å². The number of hydrogen-bond donors (Lipinski definition) is 0. The Morgan fingerprint density at radius 2 is 1.31 bits per heavy atom. The molecule has 0 aromatic carbocycles. The molecule has 0 saturated heterocycles. The van der Waals surface area contributed by atoms with Gasteiger partial charge in [-0.25, -0.2) is 0 Å². The summed E-state index contributed by atoms with van der Waals surface area (Å²) in [5.41, 5.74) is 0. The molecule has 0 bridgehead atoms. The monoisotopic (exact) mass is 224 g/mol. The lowest BCUT2D eigenvalue weighted by molar-refractivity contribution is 0.210. The maximum Gasteiger partial charge on any atom is -0.0321 e. The molecule has 0 aromatic heterocycles. The zero-order chi connectivity index (χ0) is 12.3. The van der Waals surface area contributed by atoms with E-state index in [1.54, 1.807) is 0 Å². The van der Waals surface area contributed by atoms with E-state index in [1.165, 1.54) is 25.7 Å². The molecule has 0 heteroatoms. The van der Waals surface area contributed by atoms with Gasteiger partial charge >= 0.3 is 0 Å². The van der Waals surface area contributed by atoms with Crippen LogP contribution in [0.3, 0.4) is 0 Å². The first kappa shape index (κ1) is 14.1. The average molecular weight is 224 g/mol. The van der Waals surface area contributed by atoms with Crippen LogP contribution in [0.5, 0.6) is 0 Å². The smallest absolute Gasteiger partial charge is 0.0321 e. The highest BCUT2D eigenvalue weighted by Gasteiger charge is 2.51. The molecule has 1 aliphatic carbocycles. The van der Waals surface area contributed by atoms with E-state index >= 15 is 0 Å². The molecule has 16 heavy (non-hydrogen) atoms. The second-order valence-corrected chi connectivity index (χ2v) is 6.04. The lowest BCUT2D eigenvalue weighted by atomic mass is 9.77. The number of rotatable bonds is 7. The molecule has 5 atom stereocenters. The first-order chi connectivity index (χ1) is 7.62. The molecule has 0 radical (unpaired) electrons. The molecule has 0 heterocycles. The highest BCUT2D eigenvalue weighted by molar-refractivity contribution is 5.00. The summed E-state index contributed by atoms with van der Waals surface area (Å²) >= 11 is 0. The lowest BCUT2D eigenvalue weighted by Gasteiger charge is -2.28. The van der Waals surface area contributed by atoms with Gasteiger partial charge in [-0.05, 0) is 35.5 Å². The largest absolute Gasteiger partial charge is 0.0651 e. The minimum atomic E-state index is 0.903. The molecule has 1 fully saturated rings. The molecular formula is C16H32. The summed E-state index contributed by atoms with van der Waals surface area (Å²) in [4.78, 5) is 0. The van der Waals surface area contributed by atoms with E-state index < -0.39 is 0 Å². The Kier molecular flexibility index (Phi) is 5.34. The van der Waals surface area contributed by atoms with Crippen molar-refractivity contribution in [2.24, 2.45) is 35.5 Å². The third kappa shape index (κ3) is 2.63. The molecule has 0 nitrogen and oxygen atoms in total. The van der Waals surface area contributed by atoms with E-state index in [1.807, 2.05) is 0 Å². The van der Waals surface area contributed by atoms with Gasteiger partial charge in [0.1, 0.15) is 0 Å². The molecule has 1 rings (SSSR count). The van der Waals surface area contributed by atoms with Crippen molar-refractivity contribution in [2.45, 2.75) is 67.2 Å². The third-order valence-electron chi connectivity index (χ3n) is 5.52. The standard InChI is InChI=1S/C16H32/c1-7-11(5)12(6)13(8-2)16-14(9-3)15(16)10-4/h11-16H,7-10H2,1-6H3. The summed E-state index contributed by atoms with van der Waals surface area (Å²) in [6.45, 7) is 14.5. The summed E-state index contributed by atoms with van der Waals surface area (Å²) < 4.78 is 0. The highest BCUT2D eigenvalue weighted by atomic mass is 14.6. The summed E-state index contributed by atoms with van der Waals surface area (Å²) in [7, 11) is 0. The second kappa shape index (κ2) is 6.07. The van der Waals surface area contributed by atoms with E-state index in [4.69, 9.17) is 0 Å². The predicted molar refractivity (Wildman–Crippen MR) is 73.5 cm³/mol. The first-order valence-corrected chi connectivity index (χ1v) is 7.62. The molecule has 0 spiro atoms. The van der Waals surface area contributed by atoms with Gasteiger partial charge in [0.2, 0.25) is 0 Å². The highest BCUT2D eigenvalue weighted by Crippen LogP contribution is 2.57. The summed E-state index contributed by atoms with van der Waals surface area (Å²) in [5, 5.41) is 0. The Morgan fingerprint density at radius 1 is 0.812 bits per heavy atom. The van der Waals surface area contributed by atoms with Crippen LogP contribution >= 0.6 is 0 Å². The topological polar surface area (TPSA) is 0 Å². The minimum absolute atomic E-state index is 0.903. The maximum atomic E-state index is 2.50. The fraction of sp³-hybridized carbons (Fsp3) is 1.00. The van der Waals surface area contributed by atoms with Crippen LogP contribution in [0.15, 0.2) is 0 Å². The van der Waals surface area contributed by atoms with E-state index in [9.17, 15) is 0 Å². The van der Waals surface area contributed by atoms with Crippen molar-refractivity contribution in [1.82, 2.24) is 0 Å². The number of hydrogen-bond acceptors (Lipinski definition) is 0. The molecule has 1 saturated carbocycles. The van der Waals surface area contributed by atoms with Crippen LogP contribution in [0.4, 0.5) is 0 Å². The maximum absolute atomic E-state index is 2.50. The van der Waals surface area contributed by atoms with E-state index in [2.05, 4.69) is 41.5 Å². The van der Waals surface area contributed by atoms with Gasteiger partial charge in [0.15, 0.2) is 0 Å². The molecule has 5 unspecified atom stereocenters. The fourth-order valence-electron chi connectivity index (χ4n) is 4.05. The van der Waals surface area contributed by atoms with Gasteiger partial charge in [0.05, 0.1) is 0 Å². The average Bonchev–Trinajstić information content (AvgIpc) is 3.01. The Morgan fingerprint density at radius 3 is 1.62 bits per heavy atom. The summed E-state index contributed by atoms with van der Waals surface area (Å²) in [5.74, 6) is 5.99. The Hall–Kier alpha value is 0. The first-order valence-electron chi connectivity index (χ1n) is 7.62. The van der Waals surface area contributed by atoms with E-state index in [0.717, 1.165) is 35.5 Å².